The average molecular weight is 519 g/mol. The standard InChI is InChI=1S/C25H26N8O3S/c34-25(19-8-10-21(11-9-19)37(35,36)32-12-4-5-13-32)31-16-14-30(15-17-31)23-22-24(27-18-26-23)33(29-28-22)20-6-2-1-3-7-20/h1-3,6-11,18H,4-5,12-17H2. The van der Waals surface area contributed by atoms with Crippen LogP contribution < -0.4 is 4.90 Å². The summed E-state index contributed by atoms with van der Waals surface area (Å²) < 4.78 is 28.7. The zero-order valence-electron chi connectivity index (χ0n) is 20.1. The van der Waals surface area contributed by atoms with Crippen molar-refractivity contribution in [1.82, 2.24) is 34.2 Å². The van der Waals surface area contributed by atoms with E-state index in [-0.39, 0.29) is 10.8 Å². The molecule has 0 aliphatic carbocycles. The summed E-state index contributed by atoms with van der Waals surface area (Å²) in [6, 6.07) is 16.0. The van der Waals surface area contributed by atoms with Crippen molar-refractivity contribution >= 4 is 32.9 Å². The number of hydrogen-bond donors (Lipinski definition) is 0. The minimum atomic E-state index is -3.50. The number of piperazine rings is 1. The normalized spacial score (nSPS) is 17.0. The quantitative estimate of drug-likeness (QED) is 0.394. The van der Waals surface area contributed by atoms with Crippen molar-refractivity contribution < 1.29 is 13.2 Å². The van der Waals surface area contributed by atoms with E-state index in [1.54, 1.807) is 21.7 Å². The monoisotopic (exact) mass is 518 g/mol. The first kappa shape index (κ1) is 23.5. The predicted octanol–water partition coefficient (Wildman–Crippen LogP) is 1.96. The third-order valence-corrected chi connectivity index (χ3v) is 8.80. The first-order chi connectivity index (χ1) is 18.0. The molecule has 0 unspecified atom stereocenters. The van der Waals surface area contributed by atoms with Crippen LogP contribution in [0.3, 0.4) is 0 Å². The van der Waals surface area contributed by atoms with Crippen LogP contribution in [0.15, 0.2) is 65.8 Å². The second-order valence-electron chi connectivity index (χ2n) is 9.12. The van der Waals surface area contributed by atoms with Crippen LogP contribution in [0.2, 0.25) is 0 Å². The molecule has 2 aromatic carbocycles. The molecule has 0 saturated carbocycles. The summed E-state index contributed by atoms with van der Waals surface area (Å²) in [5.41, 5.74) is 2.58. The SMILES string of the molecule is O=C(c1ccc(S(=O)(=O)N2CCCC2)cc1)N1CCN(c2ncnc3c2nnn3-c2ccccc2)CC1. The molecule has 190 valence electrons. The van der Waals surface area contributed by atoms with Crippen LogP contribution in [0.5, 0.6) is 0 Å². The molecule has 11 nitrogen and oxygen atoms in total. The van der Waals surface area contributed by atoms with Crippen LogP contribution in [0, 0.1) is 0 Å². The maximum atomic E-state index is 13.1. The van der Waals surface area contributed by atoms with Gasteiger partial charge in [-0.15, -0.1) is 5.10 Å². The van der Waals surface area contributed by atoms with E-state index in [0.29, 0.717) is 61.8 Å². The van der Waals surface area contributed by atoms with Gasteiger partial charge in [0, 0.05) is 44.8 Å². The zero-order chi connectivity index (χ0) is 25.4. The third-order valence-electron chi connectivity index (χ3n) is 6.89. The molecule has 2 aliphatic rings. The Balaban J connectivity index is 1.15. The van der Waals surface area contributed by atoms with Gasteiger partial charge in [0.15, 0.2) is 17.0 Å². The van der Waals surface area contributed by atoms with Crippen molar-refractivity contribution in [3.8, 4) is 5.69 Å². The van der Waals surface area contributed by atoms with Gasteiger partial charge in [0.25, 0.3) is 5.91 Å². The highest BCUT2D eigenvalue weighted by Crippen LogP contribution is 2.25. The van der Waals surface area contributed by atoms with Crippen LogP contribution in [-0.2, 0) is 10.0 Å². The van der Waals surface area contributed by atoms with E-state index in [1.165, 1.54) is 22.8 Å². The minimum absolute atomic E-state index is 0.118. The molecule has 2 aromatic heterocycles. The van der Waals surface area contributed by atoms with E-state index >= 15 is 0 Å². The molecule has 0 N–H and O–H groups in total. The Morgan fingerprint density at radius 2 is 1.51 bits per heavy atom. The molecule has 0 radical (unpaired) electrons. The molecule has 2 fully saturated rings. The molecule has 0 bridgehead atoms. The maximum absolute atomic E-state index is 13.1. The van der Waals surface area contributed by atoms with Gasteiger partial charge in [-0.2, -0.15) is 8.99 Å². The Kier molecular flexibility index (Phi) is 6.05. The van der Waals surface area contributed by atoms with Crippen LogP contribution in [0.4, 0.5) is 5.82 Å². The first-order valence-electron chi connectivity index (χ1n) is 12.3. The van der Waals surface area contributed by atoms with Crippen molar-refractivity contribution in [3.05, 3.63) is 66.5 Å². The number of carbonyl (C=O) groups excluding carboxylic acids is 1. The number of aromatic nitrogens is 5. The summed E-state index contributed by atoms with van der Waals surface area (Å²) in [6.45, 7) is 3.27. The van der Waals surface area contributed by atoms with Crippen LogP contribution in [-0.4, -0.2) is 87.8 Å². The summed E-state index contributed by atoms with van der Waals surface area (Å²) in [4.78, 5) is 26.1. The summed E-state index contributed by atoms with van der Waals surface area (Å²) in [5, 5.41) is 8.62. The van der Waals surface area contributed by atoms with Crippen LogP contribution in [0.1, 0.15) is 23.2 Å². The molecular weight excluding hydrogens is 492 g/mol. The van der Waals surface area contributed by atoms with E-state index in [9.17, 15) is 13.2 Å². The fourth-order valence-electron chi connectivity index (χ4n) is 4.86. The Hall–Kier alpha value is -3.90. The van der Waals surface area contributed by atoms with Gasteiger partial charge in [0.05, 0.1) is 10.6 Å². The first-order valence-corrected chi connectivity index (χ1v) is 13.7. The second-order valence-corrected chi connectivity index (χ2v) is 11.1. The maximum Gasteiger partial charge on any atom is 0.253 e. The summed E-state index contributed by atoms with van der Waals surface area (Å²) >= 11 is 0. The lowest BCUT2D eigenvalue weighted by Gasteiger charge is -2.35. The Bertz CT molecular complexity index is 1530. The van der Waals surface area contributed by atoms with Crippen molar-refractivity contribution in [2.24, 2.45) is 0 Å². The van der Waals surface area contributed by atoms with Crippen molar-refractivity contribution in [3.63, 3.8) is 0 Å². The number of benzene rings is 2. The van der Waals surface area contributed by atoms with E-state index in [1.807, 2.05) is 30.3 Å². The van der Waals surface area contributed by atoms with E-state index in [4.69, 9.17) is 0 Å². The number of fused-ring (bicyclic) bond motifs is 1. The van der Waals surface area contributed by atoms with Crippen molar-refractivity contribution in [2.75, 3.05) is 44.2 Å². The lowest BCUT2D eigenvalue weighted by atomic mass is 10.2. The van der Waals surface area contributed by atoms with Gasteiger partial charge < -0.3 is 9.80 Å². The fraction of sp³-hybridized carbons (Fsp3) is 0.320. The number of amides is 1. The van der Waals surface area contributed by atoms with Gasteiger partial charge in [-0.05, 0) is 49.2 Å². The molecule has 4 heterocycles. The molecule has 2 aliphatic heterocycles. The molecule has 0 spiro atoms. The van der Waals surface area contributed by atoms with Gasteiger partial charge in [0.2, 0.25) is 10.0 Å². The molecule has 37 heavy (non-hydrogen) atoms. The molecule has 1 amide bonds. The predicted molar refractivity (Wildman–Crippen MR) is 137 cm³/mol. The molecule has 6 rings (SSSR count). The van der Waals surface area contributed by atoms with Gasteiger partial charge >= 0.3 is 0 Å². The molecule has 12 heteroatoms. The Labute approximate surface area is 214 Å². The minimum Gasteiger partial charge on any atom is -0.351 e. The lowest BCUT2D eigenvalue weighted by molar-refractivity contribution is 0.0746. The Morgan fingerprint density at radius 1 is 0.811 bits per heavy atom. The lowest BCUT2D eigenvalue weighted by Crippen LogP contribution is -2.49. The highest BCUT2D eigenvalue weighted by atomic mass is 32.2. The van der Waals surface area contributed by atoms with Gasteiger partial charge in [-0.1, -0.05) is 23.4 Å². The zero-order valence-corrected chi connectivity index (χ0v) is 21.0. The number of rotatable bonds is 5. The molecule has 4 aromatic rings. The third kappa shape index (κ3) is 4.31. The average Bonchev–Trinajstić information content (AvgIpc) is 3.65. The number of sulfonamides is 1. The topological polar surface area (TPSA) is 117 Å². The van der Waals surface area contributed by atoms with Crippen molar-refractivity contribution in [1.29, 1.82) is 0 Å². The summed E-state index contributed by atoms with van der Waals surface area (Å²) in [7, 11) is -3.50. The van der Waals surface area contributed by atoms with E-state index < -0.39 is 10.0 Å². The van der Waals surface area contributed by atoms with Crippen LogP contribution in [0.25, 0.3) is 16.9 Å². The second kappa shape index (κ2) is 9.52. The smallest absolute Gasteiger partial charge is 0.253 e. The number of para-hydroxylation sites is 1. The number of hydrogen-bond acceptors (Lipinski definition) is 8. The van der Waals surface area contributed by atoms with E-state index in [0.717, 1.165) is 18.5 Å². The van der Waals surface area contributed by atoms with Gasteiger partial charge in [-0.3, -0.25) is 4.79 Å². The van der Waals surface area contributed by atoms with E-state index in [2.05, 4.69) is 25.2 Å². The van der Waals surface area contributed by atoms with Gasteiger partial charge in [0.1, 0.15) is 6.33 Å². The number of anilines is 1. The number of carbonyl (C=O) groups is 1. The van der Waals surface area contributed by atoms with Gasteiger partial charge in [-0.25, -0.2) is 18.4 Å². The summed E-state index contributed by atoms with van der Waals surface area (Å²) in [6.07, 6.45) is 3.28. The summed E-state index contributed by atoms with van der Waals surface area (Å²) in [5.74, 6) is 0.573. The largest absolute Gasteiger partial charge is 0.351 e. The van der Waals surface area contributed by atoms with Crippen molar-refractivity contribution in [2.45, 2.75) is 17.7 Å². The fourth-order valence-corrected chi connectivity index (χ4v) is 6.38. The number of nitrogens with zero attached hydrogens (tertiary/aromatic N) is 8. The molecule has 0 atom stereocenters. The van der Waals surface area contributed by atoms with Crippen LogP contribution >= 0.6 is 0 Å². The highest BCUT2D eigenvalue weighted by molar-refractivity contribution is 7.89. The highest BCUT2D eigenvalue weighted by Gasteiger charge is 2.28. The molecule has 2 saturated heterocycles. The Morgan fingerprint density at radius 3 is 2.22 bits per heavy atom. The molecular formula is C25H26N8O3S.